The zero-order valence-electron chi connectivity index (χ0n) is 8.69. The van der Waals surface area contributed by atoms with E-state index >= 15 is 0 Å². The molecule has 0 N–H and O–H groups in total. The highest BCUT2D eigenvalue weighted by Gasteiger charge is 2.33. The Morgan fingerprint density at radius 3 is 2.93 bits per heavy atom. The minimum atomic E-state index is 0.0944. The molecule has 0 spiro atoms. The van der Waals surface area contributed by atoms with E-state index in [1.165, 1.54) is 0 Å². The molecule has 5 heteroatoms. The number of carbonyl (C=O) groups is 1. The minimum Gasteiger partial charge on any atom is -0.334 e. The molecule has 1 fully saturated rings. The van der Waals surface area contributed by atoms with Crippen molar-refractivity contribution in [2.75, 3.05) is 11.9 Å². The number of carbonyl (C=O) groups excluding carboxylic acids is 1. The summed E-state index contributed by atoms with van der Waals surface area (Å²) in [6.07, 6.45) is 3.93. The van der Waals surface area contributed by atoms with E-state index in [0.717, 1.165) is 24.7 Å². The van der Waals surface area contributed by atoms with E-state index in [-0.39, 0.29) is 5.91 Å². The average Bonchev–Trinajstić information content (AvgIpc) is 2.97. The van der Waals surface area contributed by atoms with Gasteiger partial charge in [-0.05, 0) is 18.9 Å². The van der Waals surface area contributed by atoms with Crippen LogP contribution in [0.15, 0.2) is 12.3 Å². The lowest BCUT2D eigenvalue weighted by molar-refractivity contribution is 0.0743. The molecule has 0 atom stereocenters. The van der Waals surface area contributed by atoms with Crippen molar-refractivity contribution in [2.45, 2.75) is 18.9 Å². The summed E-state index contributed by atoms with van der Waals surface area (Å²) in [5.41, 5.74) is 0.669. The normalized spacial score (nSPS) is 15.3. The molecule has 1 saturated carbocycles. The zero-order chi connectivity index (χ0) is 10.8. The lowest BCUT2D eigenvalue weighted by Crippen LogP contribution is -2.35. The summed E-state index contributed by atoms with van der Waals surface area (Å²) in [4.78, 5) is 14.1. The van der Waals surface area contributed by atoms with Crippen LogP contribution < -0.4 is 0 Å². The molecular formula is C10H14BrN3O. The van der Waals surface area contributed by atoms with Gasteiger partial charge in [0.25, 0.3) is 5.91 Å². The highest BCUT2D eigenvalue weighted by atomic mass is 79.9. The number of aromatic nitrogens is 2. The van der Waals surface area contributed by atoms with Crippen LogP contribution in [0.5, 0.6) is 0 Å². The zero-order valence-corrected chi connectivity index (χ0v) is 10.3. The van der Waals surface area contributed by atoms with Crippen LogP contribution in [-0.2, 0) is 7.05 Å². The largest absolute Gasteiger partial charge is 0.334 e. The second-order valence-electron chi connectivity index (χ2n) is 3.76. The molecular weight excluding hydrogens is 258 g/mol. The molecule has 1 aromatic heterocycles. The molecule has 0 aliphatic heterocycles. The number of halogens is 1. The molecule has 0 bridgehead atoms. The molecule has 0 radical (unpaired) electrons. The van der Waals surface area contributed by atoms with Crippen molar-refractivity contribution in [1.82, 2.24) is 14.7 Å². The fourth-order valence-corrected chi connectivity index (χ4v) is 2.04. The summed E-state index contributed by atoms with van der Waals surface area (Å²) in [6, 6.07) is 2.22. The first kappa shape index (κ1) is 10.7. The van der Waals surface area contributed by atoms with Gasteiger partial charge in [0.05, 0.1) is 0 Å². The standard InChI is InChI=1S/C10H14BrN3O/c1-13-9(4-6-12-13)10(15)14(7-5-11)8-2-3-8/h4,6,8H,2-3,5,7H2,1H3. The number of alkyl halides is 1. The van der Waals surface area contributed by atoms with Gasteiger partial charge in [0.1, 0.15) is 5.69 Å². The Kier molecular flexibility index (Phi) is 3.09. The monoisotopic (exact) mass is 271 g/mol. The van der Waals surface area contributed by atoms with E-state index in [1.807, 2.05) is 4.90 Å². The minimum absolute atomic E-state index is 0.0944. The highest BCUT2D eigenvalue weighted by molar-refractivity contribution is 9.09. The highest BCUT2D eigenvalue weighted by Crippen LogP contribution is 2.28. The summed E-state index contributed by atoms with van der Waals surface area (Å²) in [6.45, 7) is 0.773. The third-order valence-electron chi connectivity index (χ3n) is 2.61. The smallest absolute Gasteiger partial charge is 0.272 e. The number of amides is 1. The molecule has 0 saturated heterocycles. The van der Waals surface area contributed by atoms with Crippen LogP contribution in [0.2, 0.25) is 0 Å². The molecule has 82 valence electrons. The van der Waals surface area contributed by atoms with Crippen molar-refractivity contribution in [2.24, 2.45) is 7.05 Å². The summed E-state index contributed by atoms with van der Waals surface area (Å²) in [5.74, 6) is 0.0944. The van der Waals surface area contributed by atoms with Crippen LogP contribution in [0, 0.1) is 0 Å². The van der Waals surface area contributed by atoms with E-state index in [0.29, 0.717) is 11.7 Å². The van der Waals surface area contributed by atoms with Gasteiger partial charge in [0.2, 0.25) is 0 Å². The number of aryl methyl sites for hydroxylation is 1. The van der Waals surface area contributed by atoms with Crippen LogP contribution in [0.1, 0.15) is 23.3 Å². The van der Waals surface area contributed by atoms with Gasteiger partial charge in [0, 0.05) is 31.2 Å². The van der Waals surface area contributed by atoms with Crippen LogP contribution in [0.25, 0.3) is 0 Å². The Balaban J connectivity index is 2.14. The first-order valence-electron chi connectivity index (χ1n) is 5.09. The molecule has 1 amide bonds. The Morgan fingerprint density at radius 1 is 1.73 bits per heavy atom. The van der Waals surface area contributed by atoms with Crippen molar-refractivity contribution in [3.05, 3.63) is 18.0 Å². The predicted octanol–water partition coefficient (Wildman–Crippen LogP) is 1.42. The Hall–Kier alpha value is -0.840. The molecule has 2 rings (SSSR count). The number of nitrogens with zero attached hydrogens (tertiary/aromatic N) is 3. The van der Waals surface area contributed by atoms with E-state index in [4.69, 9.17) is 0 Å². The lowest BCUT2D eigenvalue weighted by Gasteiger charge is -2.21. The van der Waals surface area contributed by atoms with Crippen molar-refractivity contribution >= 4 is 21.8 Å². The van der Waals surface area contributed by atoms with Crippen molar-refractivity contribution in [3.8, 4) is 0 Å². The average molecular weight is 272 g/mol. The van der Waals surface area contributed by atoms with E-state index in [2.05, 4.69) is 21.0 Å². The first-order chi connectivity index (χ1) is 7.24. The SMILES string of the molecule is Cn1nccc1C(=O)N(CCBr)C1CC1. The van der Waals surface area contributed by atoms with Crippen molar-refractivity contribution < 1.29 is 4.79 Å². The maximum absolute atomic E-state index is 12.1. The summed E-state index contributed by atoms with van der Waals surface area (Å²) < 4.78 is 1.63. The Labute approximate surface area is 97.4 Å². The maximum Gasteiger partial charge on any atom is 0.272 e. The van der Waals surface area contributed by atoms with Gasteiger partial charge in [-0.3, -0.25) is 9.48 Å². The molecule has 1 heterocycles. The third kappa shape index (κ3) is 2.22. The summed E-state index contributed by atoms with van der Waals surface area (Å²) in [7, 11) is 1.80. The van der Waals surface area contributed by atoms with Crippen LogP contribution in [0.3, 0.4) is 0 Å². The van der Waals surface area contributed by atoms with Crippen molar-refractivity contribution in [3.63, 3.8) is 0 Å². The fourth-order valence-electron chi connectivity index (χ4n) is 1.66. The first-order valence-corrected chi connectivity index (χ1v) is 6.21. The summed E-state index contributed by atoms with van der Waals surface area (Å²) >= 11 is 3.38. The molecule has 1 aromatic rings. The topological polar surface area (TPSA) is 38.1 Å². The van der Waals surface area contributed by atoms with Crippen LogP contribution in [-0.4, -0.2) is 38.5 Å². The second-order valence-corrected chi connectivity index (χ2v) is 4.55. The van der Waals surface area contributed by atoms with Gasteiger partial charge >= 0.3 is 0 Å². The number of hydrogen-bond donors (Lipinski definition) is 0. The van der Waals surface area contributed by atoms with Gasteiger partial charge in [-0.1, -0.05) is 15.9 Å². The van der Waals surface area contributed by atoms with Gasteiger partial charge in [-0.25, -0.2) is 0 Å². The van der Waals surface area contributed by atoms with Gasteiger partial charge in [-0.2, -0.15) is 5.10 Å². The fraction of sp³-hybridized carbons (Fsp3) is 0.600. The van der Waals surface area contributed by atoms with Crippen molar-refractivity contribution in [1.29, 1.82) is 0 Å². The van der Waals surface area contributed by atoms with E-state index < -0.39 is 0 Å². The quantitative estimate of drug-likeness (QED) is 0.777. The molecule has 0 aromatic carbocycles. The molecule has 0 unspecified atom stereocenters. The molecule has 1 aliphatic carbocycles. The molecule has 15 heavy (non-hydrogen) atoms. The van der Waals surface area contributed by atoms with Gasteiger partial charge in [0.15, 0.2) is 0 Å². The van der Waals surface area contributed by atoms with E-state index in [9.17, 15) is 4.79 Å². The maximum atomic E-state index is 12.1. The molecule has 1 aliphatic rings. The number of hydrogen-bond acceptors (Lipinski definition) is 2. The Bertz CT molecular complexity index is 359. The van der Waals surface area contributed by atoms with Gasteiger partial charge < -0.3 is 4.90 Å². The summed E-state index contributed by atoms with van der Waals surface area (Å²) in [5, 5.41) is 4.84. The Morgan fingerprint density at radius 2 is 2.47 bits per heavy atom. The van der Waals surface area contributed by atoms with Gasteiger partial charge in [-0.15, -0.1) is 0 Å². The van der Waals surface area contributed by atoms with E-state index in [1.54, 1.807) is 24.0 Å². The molecule has 4 nitrogen and oxygen atoms in total. The third-order valence-corrected chi connectivity index (χ3v) is 2.97. The lowest BCUT2D eigenvalue weighted by atomic mass is 10.3. The number of rotatable bonds is 4. The van der Waals surface area contributed by atoms with Crippen LogP contribution >= 0.6 is 15.9 Å². The second kappa shape index (κ2) is 4.35. The van der Waals surface area contributed by atoms with Crippen LogP contribution in [0.4, 0.5) is 0 Å². The predicted molar refractivity (Wildman–Crippen MR) is 61.1 cm³/mol.